The minimum atomic E-state index is 0.534. The van der Waals surface area contributed by atoms with Crippen LogP contribution >= 0.6 is 0 Å². The van der Waals surface area contributed by atoms with Crippen LogP contribution in [0.4, 0.5) is 0 Å². The van der Waals surface area contributed by atoms with Gasteiger partial charge in [-0.15, -0.1) is 0 Å². The molecule has 3 heteroatoms. The van der Waals surface area contributed by atoms with E-state index >= 15 is 0 Å². The molecule has 0 saturated heterocycles. The quantitative estimate of drug-likeness (QED) is 0.728. The summed E-state index contributed by atoms with van der Waals surface area (Å²) >= 11 is 0. The molecule has 2 rings (SSSR count). The molecule has 0 radical (unpaired) electrons. The van der Waals surface area contributed by atoms with Crippen molar-refractivity contribution < 1.29 is 9.25 Å². The monoisotopic (exact) mass is 177 g/mol. The number of hydrogen-bond donors (Lipinski definition) is 1. The zero-order chi connectivity index (χ0) is 9.10. The largest absolute Gasteiger partial charge is 0.464 e. The topological polar surface area (TPSA) is 48.4 Å². The number of hydrogen-bond acceptors (Lipinski definition) is 3. The van der Waals surface area contributed by atoms with Crippen molar-refractivity contribution in [1.29, 1.82) is 0 Å². The van der Waals surface area contributed by atoms with Gasteiger partial charge in [0.25, 0.3) is 0 Å². The van der Waals surface area contributed by atoms with Gasteiger partial charge < -0.3 is 9.25 Å². The second kappa shape index (κ2) is 3.60. The first-order chi connectivity index (χ1) is 6.40. The molecular formula is C10H11NO2. The molecule has 2 N–H and O–H groups in total. The molecule has 1 aromatic carbocycles. The van der Waals surface area contributed by atoms with Crippen LogP contribution in [0.5, 0.6) is 0 Å². The van der Waals surface area contributed by atoms with E-state index in [0.29, 0.717) is 6.61 Å². The van der Waals surface area contributed by atoms with Crippen molar-refractivity contribution >= 4 is 11.0 Å². The first-order valence-corrected chi connectivity index (χ1v) is 4.18. The molecule has 0 amide bonds. The summed E-state index contributed by atoms with van der Waals surface area (Å²) in [6, 6.07) is 8.04. The van der Waals surface area contributed by atoms with E-state index in [0.717, 1.165) is 17.4 Å². The smallest absolute Gasteiger partial charge is 0.134 e. The highest BCUT2D eigenvalue weighted by atomic mass is 16.6. The third-order valence-corrected chi connectivity index (χ3v) is 2.03. The molecule has 1 heterocycles. The molecule has 68 valence electrons. The van der Waals surface area contributed by atoms with E-state index in [2.05, 4.69) is 10.9 Å². The number of benzene rings is 1. The standard InChI is InChI=1S/C10H11NO2/c11-13-6-3-8-1-2-9-4-5-12-10(9)7-8/h1-2,4-5,7H,3,6,11H2. The van der Waals surface area contributed by atoms with Crippen LogP contribution in [0.3, 0.4) is 0 Å². The molecule has 1 aromatic heterocycles. The van der Waals surface area contributed by atoms with E-state index in [9.17, 15) is 0 Å². The average molecular weight is 177 g/mol. The van der Waals surface area contributed by atoms with E-state index in [1.54, 1.807) is 6.26 Å². The Morgan fingerprint density at radius 1 is 1.31 bits per heavy atom. The van der Waals surface area contributed by atoms with Gasteiger partial charge >= 0.3 is 0 Å². The number of rotatable bonds is 3. The first-order valence-electron chi connectivity index (χ1n) is 4.18. The molecule has 0 saturated carbocycles. The SMILES string of the molecule is NOCCc1ccc2ccoc2c1. The van der Waals surface area contributed by atoms with Gasteiger partial charge in [-0.3, -0.25) is 0 Å². The van der Waals surface area contributed by atoms with Crippen LogP contribution in [0, 0.1) is 0 Å². The highest BCUT2D eigenvalue weighted by molar-refractivity contribution is 5.77. The van der Waals surface area contributed by atoms with Crippen molar-refractivity contribution in [2.24, 2.45) is 5.90 Å². The van der Waals surface area contributed by atoms with Crippen LogP contribution in [0.2, 0.25) is 0 Å². The Hall–Kier alpha value is -1.32. The van der Waals surface area contributed by atoms with Gasteiger partial charge in [-0.1, -0.05) is 12.1 Å². The second-order valence-corrected chi connectivity index (χ2v) is 2.91. The van der Waals surface area contributed by atoms with Crippen LogP contribution in [-0.4, -0.2) is 6.61 Å². The molecule has 0 aliphatic carbocycles. The molecule has 0 aliphatic heterocycles. The van der Waals surface area contributed by atoms with E-state index in [-0.39, 0.29) is 0 Å². The molecule has 0 bridgehead atoms. The highest BCUT2D eigenvalue weighted by Crippen LogP contribution is 2.16. The Kier molecular flexibility index (Phi) is 2.29. The average Bonchev–Trinajstić information content (AvgIpc) is 2.61. The van der Waals surface area contributed by atoms with Gasteiger partial charge in [-0.05, 0) is 24.1 Å². The van der Waals surface area contributed by atoms with Gasteiger partial charge in [0.15, 0.2) is 0 Å². The third kappa shape index (κ3) is 1.71. The Morgan fingerprint density at radius 2 is 2.23 bits per heavy atom. The Bertz CT molecular complexity index is 394. The van der Waals surface area contributed by atoms with Crippen LogP contribution < -0.4 is 5.90 Å². The zero-order valence-electron chi connectivity index (χ0n) is 7.19. The molecule has 13 heavy (non-hydrogen) atoms. The summed E-state index contributed by atoms with van der Waals surface area (Å²) in [5, 5.41) is 1.12. The van der Waals surface area contributed by atoms with Gasteiger partial charge in [0.05, 0.1) is 12.9 Å². The summed E-state index contributed by atoms with van der Waals surface area (Å²) in [7, 11) is 0. The zero-order valence-corrected chi connectivity index (χ0v) is 7.19. The van der Waals surface area contributed by atoms with Crippen LogP contribution in [-0.2, 0) is 11.3 Å². The Morgan fingerprint density at radius 3 is 3.08 bits per heavy atom. The summed E-state index contributed by atoms with van der Waals surface area (Å²) in [4.78, 5) is 4.51. The maximum atomic E-state index is 5.27. The van der Waals surface area contributed by atoms with Gasteiger partial charge in [0.1, 0.15) is 5.58 Å². The Balaban J connectivity index is 2.26. The summed E-state index contributed by atoms with van der Waals surface area (Å²) in [5.41, 5.74) is 2.09. The van der Waals surface area contributed by atoms with Gasteiger partial charge in [-0.2, -0.15) is 0 Å². The number of nitrogens with two attached hydrogens (primary N) is 1. The molecule has 0 unspecified atom stereocenters. The van der Waals surface area contributed by atoms with Crippen molar-refractivity contribution in [1.82, 2.24) is 0 Å². The fourth-order valence-corrected chi connectivity index (χ4v) is 1.33. The lowest BCUT2D eigenvalue weighted by Crippen LogP contribution is -2.03. The fraction of sp³-hybridized carbons (Fsp3) is 0.200. The van der Waals surface area contributed by atoms with Crippen LogP contribution in [0.25, 0.3) is 11.0 Å². The molecular weight excluding hydrogens is 166 g/mol. The minimum Gasteiger partial charge on any atom is -0.464 e. The van der Waals surface area contributed by atoms with E-state index in [4.69, 9.17) is 10.3 Å². The predicted octanol–water partition coefficient (Wildman–Crippen LogP) is 1.87. The minimum absolute atomic E-state index is 0.534. The molecule has 2 aromatic rings. The predicted molar refractivity (Wildman–Crippen MR) is 50.1 cm³/mol. The van der Waals surface area contributed by atoms with Crippen molar-refractivity contribution in [2.45, 2.75) is 6.42 Å². The lowest BCUT2D eigenvalue weighted by atomic mass is 10.1. The molecule has 0 spiro atoms. The van der Waals surface area contributed by atoms with Crippen molar-refractivity contribution in [2.75, 3.05) is 6.61 Å². The summed E-state index contributed by atoms with van der Waals surface area (Å²) in [6.07, 6.45) is 2.50. The maximum Gasteiger partial charge on any atom is 0.134 e. The molecule has 0 aliphatic rings. The van der Waals surface area contributed by atoms with Crippen molar-refractivity contribution in [3.8, 4) is 0 Å². The first kappa shape index (κ1) is 8.29. The highest BCUT2D eigenvalue weighted by Gasteiger charge is 1.98. The van der Waals surface area contributed by atoms with Crippen LogP contribution in [0.15, 0.2) is 34.9 Å². The normalized spacial score (nSPS) is 10.8. The van der Waals surface area contributed by atoms with Gasteiger partial charge in [0, 0.05) is 5.39 Å². The summed E-state index contributed by atoms with van der Waals surface area (Å²) in [5.74, 6) is 4.95. The van der Waals surface area contributed by atoms with Crippen molar-refractivity contribution in [3.05, 3.63) is 36.1 Å². The van der Waals surface area contributed by atoms with Gasteiger partial charge in [-0.25, -0.2) is 5.90 Å². The van der Waals surface area contributed by atoms with Gasteiger partial charge in [0.2, 0.25) is 0 Å². The molecule has 0 atom stereocenters. The Labute approximate surface area is 76.0 Å². The molecule has 0 fully saturated rings. The molecule has 3 nitrogen and oxygen atoms in total. The summed E-state index contributed by atoms with van der Waals surface area (Å²) < 4.78 is 5.27. The number of fused-ring (bicyclic) bond motifs is 1. The van der Waals surface area contributed by atoms with Crippen molar-refractivity contribution in [3.63, 3.8) is 0 Å². The third-order valence-electron chi connectivity index (χ3n) is 2.03. The fourth-order valence-electron chi connectivity index (χ4n) is 1.33. The second-order valence-electron chi connectivity index (χ2n) is 2.91. The van der Waals surface area contributed by atoms with Crippen LogP contribution in [0.1, 0.15) is 5.56 Å². The maximum absolute atomic E-state index is 5.27. The van der Waals surface area contributed by atoms with E-state index in [1.165, 1.54) is 5.56 Å². The lowest BCUT2D eigenvalue weighted by molar-refractivity contribution is 0.141. The summed E-state index contributed by atoms with van der Waals surface area (Å²) in [6.45, 7) is 0.534. The number of furan rings is 1. The lowest BCUT2D eigenvalue weighted by Gasteiger charge is -1.98. The van der Waals surface area contributed by atoms with E-state index in [1.807, 2.05) is 18.2 Å². The van der Waals surface area contributed by atoms with E-state index < -0.39 is 0 Å².